The number of hydrogen-bond donors (Lipinski definition) is 3. The predicted molar refractivity (Wildman–Crippen MR) is 143 cm³/mol. The lowest BCUT2D eigenvalue weighted by Gasteiger charge is -2.38. The zero-order chi connectivity index (χ0) is 29.1. The number of nitrogens with one attached hydrogen (secondary N) is 1. The van der Waals surface area contributed by atoms with E-state index in [9.17, 15) is 33.0 Å². The molecule has 1 heterocycles. The van der Waals surface area contributed by atoms with Gasteiger partial charge in [-0.25, -0.2) is 13.2 Å². The summed E-state index contributed by atoms with van der Waals surface area (Å²) in [5.41, 5.74) is -0.219. The predicted octanol–water partition coefficient (Wildman–Crippen LogP) is 2.92. The number of sulfonamides is 1. The smallest absolute Gasteiger partial charge is 0.407 e. The number of fused-ring (bicyclic) bond motifs is 1. The fourth-order valence-corrected chi connectivity index (χ4v) is 5.06. The molecule has 0 saturated heterocycles. The van der Waals surface area contributed by atoms with Crippen LogP contribution in [0.25, 0.3) is 0 Å². The van der Waals surface area contributed by atoms with Crippen molar-refractivity contribution in [3.8, 4) is 0 Å². The van der Waals surface area contributed by atoms with E-state index in [4.69, 9.17) is 4.74 Å². The molecule has 38 heavy (non-hydrogen) atoms. The zero-order valence-corrected chi connectivity index (χ0v) is 24.0. The van der Waals surface area contributed by atoms with Gasteiger partial charge in [-0.3, -0.25) is 14.5 Å². The SMILES string of the molecule is C[C@H](C[C@H](O)[C@H](CC(C)(C)CC(=O)N1CN(S(C)(=O)=O)Cc2ccccc21)NC(=O)OC(C)(C)C)C(=O)O. The molecule has 214 valence electrons. The second-order valence-electron chi connectivity index (χ2n) is 11.8. The van der Waals surface area contributed by atoms with Crippen LogP contribution in [0.4, 0.5) is 10.5 Å². The molecule has 0 saturated carbocycles. The fourth-order valence-electron chi connectivity index (χ4n) is 4.36. The minimum absolute atomic E-state index is 0.0212. The minimum atomic E-state index is -3.56. The summed E-state index contributed by atoms with van der Waals surface area (Å²) in [6.07, 6.45) is -0.869. The van der Waals surface area contributed by atoms with Crippen molar-refractivity contribution >= 4 is 33.7 Å². The standard InChI is InChI=1S/C26H41N3O8S/c1-17(23(32)33)12-21(30)19(27-24(34)37-25(2,3)4)13-26(5,6)14-22(31)29-16-28(38(7,35)36)15-18-10-8-9-11-20(18)29/h8-11,17,19,21,30H,12-16H2,1-7H3,(H,27,34)(H,32,33)/t17-,19+,21+/m1/s1. The van der Waals surface area contributed by atoms with Gasteiger partial charge >= 0.3 is 12.1 Å². The maximum Gasteiger partial charge on any atom is 0.407 e. The first-order valence-corrected chi connectivity index (χ1v) is 14.4. The van der Waals surface area contributed by atoms with Crippen LogP contribution in [-0.2, 0) is 30.9 Å². The van der Waals surface area contributed by atoms with Gasteiger partial charge in [-0.2, -0.15) is 4.31 Å². The number of amides is 2. The normalized spacial score (nSPS) is 17.2. The summed E-state index contributed by atoms with van der Waals surface area (Å²) in [5, 5.41) is 22.8. The van der Waals surface area contributed by atoms with Crippen molar-refractivity contribution in [3.05, 3.63) is 29.8 Å². The summed E-state index contributed by atoms with van der Waals surface area (Å²) < 4.78 is 31.1. The van der Waals surface area contributed by atoms with Crippen LogP contribution in [0.15, 0.2) is 24.3 Å². The number of para-hydroxylation sites is 1. The Morgan fingerprint density at radius 1 is 1.13 bits per heavy atom. The summed E-state index contributed by atoms with van der Waals surface area (Å²) in [6, 6.07) is 6.21. The number of benzene rings is 1. The summed E-state index contributed by atoms with van der Waals surface area (Å²) >= 11 is 0. The van der Waals surface area contributed by atoms with Gasteiger partial charge in [0.05, 0.1) is 31.0 Å². The lowest BCUT2D eigenvalue weighted by atomic mass is 9.79. The number of alkyl carbamates (subject to hydrolysis) is 1. The lowest BCUT2D eigenvalue weighted by molar-refractivity contribution is -0.142. The number of aliphatic hydroxyl groups excluding tert-OH is 1. The summed E-state index contributed by atoms with van der Waals surface area (Å²) in [7, 11) is -3.56. The molecule has 2 amide bonds. The lowest BCUT2D eigenvalue weighted by Crippen LogP contribution is -2.50. The molecule has 2 rings (SSSR count). The summed E-state index contributed by atoms with van der Waals surface area (Å²) in [4.78, 5) is 38.8. The maximum absolute atomic E-state index is 13.5. The number of aliphatic carboxylic acids is 1. The van der Waals surface area contributed by atoms with Crippen LogP contribution in [0.1, 0.15) is 66.4 Å². The molecule has 3 atom stereocenters. The molecule has 1 aromatic rings. The van der Waals surface area contributed by atoms with E-state index in [1.165, 1.54) is 16.1 Å². The van der Waals surface area contributed by atoms with Crippen LogP contribution in [0.3, 0.4) is 0 Å². The van der Waals surface area contributed by atoms with E-state index in [0.29, 0.717) is 11.3 Å². The number of aliphatic hydroxyl groups is 1. The van der Waals surface area contributed by atoms with Crippen LogP contribution in [0.5, 0.6) is 0 Å². The fraction of sp³-hybridized carbons (Fsp3) is 0.654. The number of carboxylic acids is 1. The van der Waals surface area contributed by atoms with Gasteiger partial charge in [-0.05, 0) is 50.7 Å². The van der Waals surface area contributed by atoms with Crippen LogP contribution in [0, 0.1) is 11.3 Å². The van der Waals surface area contributed by atoms with Crippen molar-refractivity contribution < 1.29 is 37.8 Å². The number of ether oxygens (including phenoxy) is 1. The van der Waals surface area contributed by atoms with Gasteiger partial charge in [0, 0.05) is 18.7 Å². The van der Waals surface area contributed by atoms with Gasteiger partial charge in [-0.1, -0.05) is 39.0 Å². The first-order chi connectivity index (χ1) is 17.3. The average Bonchev–Trinajstić information content (AvgIpc) is 2.75. The highest BCUT2D eigenvalue weighted by molar-refractivity contribution is 7.88. The van der Waals surface area contributed by atoms with Crippen molar-refractivity contribution in [2.45, 2.75) is 85.1 Å². The second-order valence-corrected chi connectivity index (χ2v) is 13.8. The van der Waals surface area contributed by atoms with E-state index in [1.54, 1.807) is 58.9 Å². The molecule has 3 N–H and O–H groups in total. The minimum Gasteiger partial charge on any atom is -0.481 e. The quantitative estimate of drug-likeness (QED) is 0.398. The number of hydrogen-bond acceptors (Lipinski definition) is 7. The van der Waals surface area contributed by atoms with Gasteiger partial charge in [0.25, 0.3) is 0 Å². The molecule has 1 aromatic carbocycles. The first kappa shape index (κ1) is 31.5. The van der Waals surface area contributed by atoms with Gasteiger partial charge in [0.15, 0.2) is 0 Å². The topological polar surface area (TPSA) is 154 Å². The second kappa shape index (κ2) is 12.0. The van der Waals surface area contributed by atoms with E-state index in [-0.39, 0.29) is 38.4 Å². The Labute approximate surface area is 225 Å². The Balaban J connectivity index is 2.26. The third-order valence-corrected chi connectivity index (χ3v) is 7.47. The molecule has 0 unspecified atom stereocenters. The van der Waals surface area contributed by atoms with Crippen molar-refractivity contribution in [2.75, 3.05) is 17.8 Å². The number of rotatable bonds is 10. The molecular formula is C26H41N3O8S. The van der Waals surface area contributed by atoms with Crippen molar-refractivity contribution in [1.82, 2.24) is 9.62 Å². The van der Waals surface area contributed by atoms with E-state index in [0.717, 1.165) is 6.26 Å². The third-order valence-electron chi connectivity index (χ3n) is 6.28. The molecule has 12 heteroatoms. The number of anilines is 1. The molecule has 0 aromatic heterocycles. The van der Waals surface area contributed by atoms with E-state index < -0.39 is 51.2 Å². The van der Waals surface area contributed by atoms with Crippen LogP contribution in [-0.4, -0.2) is 71.6 Å². The van der Waals surface area contributed by atoms with E-state index in [1.807, 2.05) is 0 Å². The number of carbonyl (C=O) groups excluding carboxylic acids is 2. The molecule has 0 aliphatic carbocycles. The molecule has 1 aliphatic rings. The van der Waals surface area contributed by atoms with Crippen molar-refractivity contribution in [2.24, 2.45) is 11.3 Å². The maximum atomic E-state index is 13.5. The molecule has 0 fully saturated rings. The Morgan fingerprint density at radius 2 is 1.74 bits per heavy atom. The van der Waals surface area contributed by atoms with E-state index >= 15 is 0 Å². The van der Waals surface area contributed by atoms with Gasteiger partial charge < -0.3 is 20.3 Å². The summed E-state index contributed by atoms with van der Waals surface area (Å²) in [5.74, 6) is -2.25. The van der Waals surface area contributed by atoms with Crippen molar-refractivity contribution in [3.63, 3.8) is 0 Å². The molecular weight excluding hydrogens is 514 g/mol. The van der Waals surface area contributed by atoms with Gasteiger partial charge in [-0.15, -0.1) is 0 Å². The Morgan fingerprint density at radius 3 is 2.29 bits per heavy atom. The Hall–Kier alpha value is -2.70. The average molecular weight is 556 g/mol. The largest absolute Gasteiger partial charge is 0.481 e. The van der Waals surface area contributed by atoms with Gasteiger partial charge in [0.2, 0.25) is 15.9 Å². The highest BCUT2D eigenvalue weighted by Crippen LogP contribution is 2.34. The monoisotopic (exact) mass is 555 g/mol. The van der Waals surface area contributed by atoms with Crippen LogP contribution >= 0.6 is 0 Å². The molecule has 0 spiro atoms. The zero-order valence-electron chi connectivity index (χ0n) is 23.2. The van der Waals surface area contributed by atoms with Crippen LogP contribution in [0.2, 0.25) is 0 Å². The Bertz CT molecular complexity index is 1130. The number of carboxylic acid groups (broad SMARTS) is 1. The Kier molecular flexibility index (Phi) is 9.95. The van der Waals surface area contributed by atoms with Crippen molar-refractivity contribution in [1.29, 1.82) is 0 Å². The molecule has 11 nitrogen and oxygen atoms in total. The number of carbonyl (C=O) groups is 3. The third kappa shape index (κ3) is 9.25. The highest BCUT2D eigenvalue weighted by atomic mass is 32.2. The first-order valence-electron chi connectivity index (χ1n) is 12.5. The highest BCUT2D eigenvalue weighted by Gasteiger charge is 2.37. The van der Waals surface area contributed by atoms with E-state index in [2.05, 4.69) is 5.32 Å². The summed E-state index contributed by atoms with van der Waals surface area (Å²) in [6.45, 7) is 10.2. The van der Waals surface area contributed by atoms with Gasteiger partial charge in [0.1, 0.15) is 5.60 Å². The molecule has 0 bridgehead atoms. The molecule has 0 radical (unpaired) electrons. The molecule has 1 aliphatic heterocycles. The van der Waals surface area contributed by atoms with Crippen LogP contribution < -0.4 is 10.2 Å². The number of nitrogens with zero attached hydrogens (tertiary/aromatic N) is 2.